The predicted molar refractivity (Wildman–Crippen MR) is 136 cm³/mol. The van der Waals surface area contributed by atoms with Crippen LogP contribution in [0.1, 0.15) is 44.0 Å². The van der Waals surface area contributed by atoms with E-state index in [1.807, 2.05) is 30.3 Å². The number of nitrogens with zero attached hydrogens (tertiary/aromatic N) is 4. The Balaban J connectivity index is 1.52. The van der Waals surface area contributed by atoms with Gasteiger partial charge in [0.15, 0.2) is 0 Å². The quantitative estimate of drug-likeness (QED) is 0.424. The monoisotopic (exact) mass is 498 g/mol. The highest BCUT2D eigenvalue weighted by Crippen LogP contribution is 2.26. The lowest BCUT2D eigenvalue weighted by Gasteiger charge is -2.19. The van der Waals surface area contributed by atoms with E-state index in [4.69, 9.17) is 9.72 Å². The van der Waals surface area contributed by atoms with Crippen LogP contribution in [-0.4, -0.2) is 60.3 Å². The summed E-state index contributed by atoms with van der Waals surface area (Å²) in [6, 6.07) is 12.9. The van der Waals surface area contributed by atoms with E-state index in [0.29, 0.717) is 38.0 Å². The van der Waals surface area contributed by atoms with Gasteiger partial charge < -0.3 is 14.2 Å². The number of methoxy groups -OCH3 is 1. The third kappa shape index (κ3) is 5.36. The summed E-state index contributed by atoms with van der Waals surface area (Å²) in [5, 5.41) is 0. The minimum Gasteiger partial charge on any atom is -0.496 e. The summed E-state index contributed by atoms with van der Waals surface area (Å²) < 4.78 is 35.1. The van der Waals surface area contributed by atoms with Gasteiger partial charge in [-0.25, -0.2) is 13.4 Å². The van der Waals surface area contributed by atoms with Crippen molar-refractivity contribution in [2.45, 2.75) is 57.0 Å². The van der Waals surface area contributed by atoms with Crippen molar-refractivity contribution in [3.05, 3.63) is 53.9 Å². The van der Waals surface area contributed by atoms with Gasteiger partial charge in [0.05, 0.1) is 23.0 Å². The van der Waals surface area contributed by atoms with Crippen LogP contribution in [0.2, 0.25) is 0 Å². The molecule has 9 heteroatoms. The van der Waals surface area contributed by atoms with E-state index in [0.717, 1.165) is 48.5 Å². The van der Waals surface area contributed by atoms with E-state index in [-0.39, 0.29) is 10.8 Å². The largest absolute Gasteiger partial charge is 0.496 e. The lowest BCUT2D eigenvalue weighted by Crippen LogP contribution is -2.27. The molecule has 0 spiro atoms. The normalized spacial score (nSPS) is 14.5. The summed E-state index contributed by atoms with van der Waals surface area (Å²) in [5.74, 6) is 1.58. The molecule has 0 unspecified atom stereocenters. The molecule has 4 rings (SSSR count). The Kier molecular flexibility index (Phi) is 7.76. The Morgan fingerprint density at radius 2 is 1.89 bits per heavy atom. The molecule has 2 heterocycles. The first-order valence-electron chi connectivity index (χ1n) is 12.2. The number of carbonyl (C=O) groups is 1. The van der Waals surface area contributed by atoms with Crippen LogP contribution < -0.4 is 4.74 Å². The number of imidazole rings is 1. The number of benzene rings is 2. The van der Waals surface area contributed by atoms with Gasteiger partial charge in [-0.05, 0) is 43.5 Å². The molecule has 3 aromatic rings. The molecule has 1 aliphatic heterocycles. The van der Waals surface area contributed by atoms with Crippen LogP contribution in [0.5, 0.6) is 5.75 Å². The lowest BCUT2D eigenvalue weighted by molar-refractivity contribution is -0.130. The van der Waals surface area contributed by atoms with Gasteiger partial charge in [0.1, 0.15) is 11.6 Å². The molecule has 1 fully saturated rings. The molecule has 1 amide bonds. The summed E-state index contributed by atoms with van der Waals surface area (Å²) in [6.45, 7) is 4.45. The molecular weight excluding hydrogens is 464 g/mol. The number of ether oxygens (including phenoxy) is 1. The third-order valence-corrected chi connectivity index (χ3v) is 8.43. The number of amides is 1. The molecule has 188 valence electrons. The molecule has 0 atom stereocenters. The molecule has 1 saturated heterocycles. The summed E-state index contributed by atoms with van der Waals surface area (Å²) in [4.78, 5) is 19.6. The first-order chi connectivity index (χ1) is 16.8. The van der Waals surface area contributed by atoms with Crippen molar-refractivity contribution in [2.75, 3.05) is 27.2 Å². The number of carbonyl (C=O) groups excluding carboxylic acids is 1. The topological polar surface area (TPSA) is 84.7 Å². The molecule has 1 aromatic heterocycles. The molecular formula is C26H34N4O4S. The maximum Gasteiger partial charge on any atom is 0.243 e. The average Bonchev–Trinajstić information content (AvgIpc) is 3.52. The zero-order chi connectivity index (χ0) is 25.0. The molecule has 0 saturated carbocycles. The van der Waals surface area contributed by atoms with Gasteiger partial charge in [0, 0.05) is 51.6 Å². The minimum atomic E-state index is -3.51. The molecule has 0 bridgehead atoms. The highest BCUT2D eigenvalue weighted by Gasteiger charge is 2.28. The number of hydrogen-bond acceptors (Lipinski definition) is 5. The molecule has 2 aromatic carbocycles. The number of hydrogen-bond donors (Lipinski definition) is 0. The highest BCUT2D eigenvalue weighted by molar-refractivity contribution is 7.89. The number of aromatic nitrogens is 2. The highest BCUT2D eigenvalue weighted by atomic mass is 32.2. The van der Waals surface area contributed by atoms with Crippen molar-refractivity contribution in [3.8, 4) is 5.75 Å². The minimum absolute atomic E-state index is 0.0170. The Hall–Kier alpha value is -2.91. The summed E-state index contributed by atoms with van der Waals surface area (Å²) in [6.07, 6.45) is 3.51. The maximum absolute atomic E-state index is 13.0. The Morgan fingerprint density at radius 3 is 2.60 bits per heavy atom. The van der Waals surface area contributed by atoms with E-state index >= 15 is 0 Å². The second kappa shape index (κ2) is 10.8. The van der Waals surface area contributed by atoms with Crippen molar-refractivity contribution in [3.63, 3.8) is 0 Å². The fourth-order valence-corrected chi connectivity index (χ4v) is 6.19. The zero-order valence-corrected chi connectivity index (χ0v) is 21.6. The van der Waals surface area contributed by atoms with Crippen molar-refractivity contribution >= 4 is 27.0 Å². The van der Waals surface area contributed by atoms with Crippen LogP contribution in [-0.2, 0) is 34.3 Å². The van der Waals surface area contributed by atoms with Gasteiger partial charge in [-0.1, -0.05) is 25.1 Å². The van der Waals surface area contributed by atoms with Crippen LogP contribution in [0, 0.1) is 0 Å². The van der Waals surface area contributed by atoms with E-state index in [1.54, 1.807) is 35.5 Å². The molecule has 8 nitrogen and oxygen atoms in total. The summed E-state index contributed by atoms with van der Waals surface area (Å²) >= 11 is 0. The van der Waals surface area contributed by atoms with Gasteiger partial charge in [0.25, 0.3) is 0 Å². The van der Waals surface area contributed by atoms with Gasteiger partial charge in [-0.2, -0.15) is 4.31 Å². The van der Waals surface area contributed by atoms with Crippen LogP contribution in [0.3, 0.4) is 0 Å². The fourth-order valence-electron chi connectivity index (χ4n) is 4.65. The van der Waals surface area contributed by atoms with E-state index in [2.05, 4.69) is 11.5 Å². The van der Waals surface area contributed by atoms with Crippen LogP contribution >= 0.6 is 0 Å². The summed E-state index contributed by atoms with van der Waals surface area (Å²) in [5.41, 5.74) is 2.51. The first-order valence-corrected chi connectivity index (χ1v) is 13.6. The lowest BCUT2D eigenvalue weighted by atomic mass is 10.2. The summed E-state index contributed by atoms with van der Waals surface area (Å²) in [7, 11) is -0.0889. The second-order valence-electron chi connectivity index (χ2n) is 9.00. The van der Waals surface area contributed by atoms with E-state index < -0.39 is 10.0 Å². The standard InChI is InChI=1S/C26H34N4O4S/c1-4-15-30-23-12-11-21(35(32,33)29-16-7-8-17-29)18-22(23)27-25(30)13-14-26(31)28(2)19-20-9-5-6-10-24(20)34-3/h5-6,9-12,18H,4,7-8,13-17,19H2,1-3H3. The maximum atomic E-state index is 13.0. The third-order valence-electron chi connectivity index (χ3n) is 6.54. The first kappa shape index (κ1) is 25.2. The van der Waals surface area contributed by atoms with Gasteiger partial charge >= 0.3 is 0 Å². The Bertz CT molecular complexity index is 1300. The number of para-hydroxylation sites is 1. The number of sulfonamides is 1. The van der Waals surface area contributed by atoms with E-state index in [1.165, 1.54) is 0 Å². The number of fused-ring (bicyclic) bond motifs is 1. The second-order valence-corrected chi connectivity index (χ2v) is 10.9. The molecule has 0 N–H and O–H groups in total. The Labute approximate surface area is 207 Å². The molecule has 1 aliphatic rings. The van der Waals surface area contributed by atoms with E-state index in [9.17, 15) is 13.2 Å². The van der Waals surface area contributed by atoms with Crippen molar-refractivity contribution in [2.24, 2.45) is 0 Å². The predicted octanol–water partition coefficient (Wildman–Crippen LogP) is 3.83. The van der Waals surface area contributed by atoms with Crippen molar-refractivity contribution < 1.29 is 17.9 Å². The molecule has 35 heavy (non-hydrogen) atoms. The number of rotatable bonds is 10. The van der Waals surface area contributed by atoms with Crippen molar-refractivity contribution in [1.29, 1.82) is 0 Å². The smallest absolute Gasteiger partial charge is 0.243 e. The zero-order valence-electron chi connectivity index (χ0n) is 20.7. The van der Waals surface area contributed by atoms with Gasteiger partial charge in [-0.15, -0.1) is 0 Å². The SMILES string of the molecule is CCCn1c(CCC(=O)N(C)Cc2ccccc2OC)nc2cc(S(=O)(=O)N3CCCC3)ccc21. The van der Waals surface area contributed by atoms with Crippen LogP contribution in [0.4, 0.5) is 0 Å². The number of aryl methyl sites for hydroxylation is 2. The van der Waals surface area contributed by atoms with Crippen LogP contribution in [0.25, 0.3) is 11.0 Å². The van der Waals surface area contributed by atoms with Gasteiger partial charge in [-0.3, -0.25) is 4.79 Å². The van der Waals surface area contributed by atoms with Crippen LogP contribution in [0.15, 0.2) is 47.4 Å². The Morgan fingerprint density at radius 1 is 1.14 bits per heavy atom. The fraction of sp³-hybridized carbons (Fsp3) is 0.462. The molecule has 0 radical (unpaired) electrons. The average molecular weight is 499 g/mol. The van der Waals surface area contributed by atoms with Crippen molar-refractivity contribution in [1.82, 2.24) is 18.8 Å². The molecule has 0 aliphatic carbocycles. The van der Waals surface area contributed by atoms with Gasteiger partial charge in [0.2, 0.25) is 15.9 Å².